The van der Waals surface area contributed by atoms with E-state index >= 15 is 0 Å². The smallest absolute Gasteiger partial charge is 0.351 e. The molecule has 2 aliphatic carbocycles. The summed E-state index contributed by atoms with van der Waals surface area (Å²) in [4.78, 5) is 69.9. The van der Waals surface area contributed by atoms with E-state index in [1.54, 1.807) is 55.4 Å². The van der Waals surface area contributed by atoms with Gasteiger partial charge in [-0.2, -0.15) is 5.26 Å². The van der Waals surface area contributed by atoms with Crippen molar-refractivity contribution in [3.63, 3.8) is 0 Å². The number of hydrogen-bond acceptors (Lipinski definition) is 13. The predicted molar refractivity (Wildman–Crippen MR) is 185 cm³/mol. The summed E-state index contributed by atoms with van der Waals surface area (Å²) in [6, 6.07) is 7.89. The summed E-state index contributed by atoms with van der Waals surface area (Å²) >= 11 is 0. The molecule has 8 rings (SSSR count). The van der Waals surface area contributed by atoms with E-state index in [2.05, 4.69) is 0 Å². The largest absolute Gasteiger partial charge is 0.496 e. The average molecular weight is 728 g/mol. The standard InChI is InChI=1S/C40H41NO12/c1-34(2)29(50-33(46)40-15-13-38(8,31(44)53-40)36(40,5)6)28(49-32(45)39-14-12-37(7,30(43)52-39)35(39,3)4)25-23(51-34)17-22(47-9)24-26(42)20-16-19(18-41)10-11-21(20)48-27(24)25/h10-11,16-17,28-29H,12-15H2,1-9H3/t28-,29-,37+,38+,39-,40-/m1/s1. The SMILES string of the molecule is COc1cc2c(c3oc4ccc(C#N)cc4c(=O)c13)[C@@H](OC(=O)[C@@]13CC[C@@](C)(C(=O)O1)C3(C)C)[C@@H](OC(=O)[C@@]13CC[C@@](C)(C(=O)O1)C3(C)C)C(C)(C)O2. The molecule has 4 heterocycles. The topological polar surface area (TPSA) is 178 Å². The molecule has 4 fully saturated rings. The lowest BCUT2D eigenvalue weighted by Gasteiger charge is -2.46. The van der Waals surface area contributed by atoms with Gasteiger partial charge in [-0.25, -0.2) is 9.59 Å². The lowest BCUT2D eigenvalue weighted by molar-refractivity contribution is -0.217. The number of fused-ring (bicyclic) bond motifs is 8. The Morgan fingerprint density at radius 2 is 1.36 bits per heavy atom. The molecule has 0 unspecified atom stereocenters. The molecule has 6 atom stereocenters. The van der Waals surface area contributed by atoms with E-state index in [4.69, 9.17) is 32.8 Å². The first-order chi connectivity index (χ1) is 24.7. The number of esters is 4. The van der Waals surface area contributed by atoms with Crippen LogP contribution >= 0.6 is 0 Å². The van der Waals surface area contributed by atoms with Gasteiger partial charge < -0.3 is 32.8 Å². The van der Waals surface area contributed by atoms with Crippen LogP contribution < -0.4 is 14.9 Å². The maximum Gasteiger partial charge on any atom is 0.351 e. The second kappa shape index (κ2) is 10.3. The van der Waals surface area contributed by atoms with Crippen molar-refractivity contribution in [2.24, 2.45) is 21.7 Å². The highest BCUT2D eigenvalue weighted by molar-refractivity contribution is 5.98. The van der Waals surface area contributed by atoms with E-state index in [-0.39, 0.29) is 57.4 Å². The van der Waals surface area contributed by atoms with Crippen molar-refractivity contribution in [1.29, 1.82) is 5.26 Å². The number of benzene rings is 2. The van der Waals surface area contributed by atoms with Crippen LogP contribution in [-0.2, 0) is 38.1 Å². The zero-order chi connectivity index (χ0) is 38.5. The van der Waals surface area contributed by atoms with Gasteiger partial charge in [-0.15, -0.1) is 0 Å². The normalized spacial score (nSPS) is 33.8. The molecule has 278 valence electrons. The van der Waals surface area contributed by atoms with Crippen LogP contribution in [0.15, 0.2) is 33.5 Å². The molecule has 0 amide bonds. The van der Waals surface area contributed by atoms with Crippen molar-refractivity contribution in [1.82, 2.24) is 0 Å². The van der Waals surface area contributed by atoms with Crippen LogP contribution in [0.25, 0.3) is 21.9 Å². The molecule has 1 aromatic heterocycles. The predicted octanol–water partition coefficient (Wildman–Crippen LogP) is 5.74. The fourth-order valence-corrected chi connectivity index (χ4v) is 9.58. The van der Waals surface area contributed by atoms with Crippen molar-refractivity contribution in [3.05, 3.63) is 45.6 Å². The molecule has 13 heteroatoms. The summed E-state index contributed by atoms with van der Waals surface area (Å²) in [5.41, 5.74) is -8.71. The lowest BCUT2D eigenvalue weighted by atomic mass is 9.66. The number of nitrogens with zero attached hydrogens (tertiary/aromatic N) is 1. The van der Waals surface area contributed by atoms with Gasteiger partial charge in [-0.1, -0.05) is 27.7 Å². The lowest BCUT2D eigenvalue weighted by Crippen LogP contribution is -2.57. The molecule has 53 heavy (non-hydrogen) atoms. The summed E-state index contributed by atoms with van der Waals surface area (Å²) in [6.45, 7) is 14.0. The second-order valence-corrected chi connectivity index (χ2v) is 17.2. The molecule has 13 nitrogen and oxygen atoms in total. The Hall–Kier alpha value is -5.12. The van der Waals surface area contributed by atoms with Gasteiger partial charge in [0.2, 0.25) is 16.6 Å². The number of ether oxygens (including phenoxy) is 6. The van der Waals surface area contributed by atoms with Gasteiger partial charge in [0.1, 0.15) is 28.1 Å². The van der Waals surface area contributed by atoms with Gasteiger partial charge >= 0.3 is 23.9 Å². The highest BCUT2D eigenvalue weighted by Crippen LogP contribution is 2.68. The van der Waals surface area contributed by atoms with Crippen molar-refractivity contribution >= 4 is 45.8 Å². The number of rotatable bonds is 5. The van der Waals surface area contributed by atoms with Crippen molar-refractivity contribution in [2.45, 2.75) is 110 Å². The van der Waals surface area contributed by atoms with Gasteiger partial charge in [0, 0.05) is 16.9 Å². The van der Waals surface area contributed by atoms with E-state index in [0.717, 1.165) is 0 Å². The van der Waals surface area contributed by atoms with Gasteiger partial charge in [0.25, 0.3) is 0 Å². The summed E-state index contributed by atoms with van der Waals surface area (Å²) in [7, 11) is 1.37. The van der Waals surface area contributed by atoms with Crippen molar-refractivity contribution < 1.29 is 52.0 Å². The van der Waals surface area contributed by atoms with Crippen LogP contribution in [0.2, 0.25) is 0 Å². The minimum Gasteiger partial charge on any atom is -0.496 e. The summed E-state index contributed by atoms with van der Waals surface area (Å²) in [6.07, 6.45) is -1.72. The second-order valence-electron chi connectivity index (χ2n) is 17.2. The number of carbonyl (C=O) groups excluding carboxylic acids is 4. The molecule has 0 N–H and O–H groups in total. The van der Waals surface area contributed by atoms with Crippen LogP contribution in [-0.4, -0.2) is 53.9 Å². The molecule has 2 aromatic carbocycles. The molecule has 0 spiro atoms. The summed E-state index contributed by atoms with van der Waals surface area (Å²) in [5, 5.41) is 9.62. The quantitative estimate of drug-likeness (QED) is 0.177. The monoisotopic (exact) mass is 727 g/mol. The first-order valence-electron chi connectivity index (χ1n) is 17.8. The molecule has 2 saturated carbocycles. The fourth-order valence-electron chi connectivity index (χ4n) is 9.58. The Morgan fingerprint density at radius 3 is 1.85 bits per heavy atom. The van der Waals surface area contributed by atoms with Gasteiger partial charge in [-0.05, 0) is 71.6 Å². The van der Waals surface area contributed by atoms with Crippen LogP contribution in [0.3, 0.4) is 0 Å². The van der Waals surface area contributed by atoms with E-state index in [9.17, 15) is 29.2 Å². The molecular formula is C40H41NO12. The Kier molecular flexibility index (Phi) is 6.79. The fraction of sp³-hybridized carbons (Fsp3) is 0.550. The summed E-state index contributed by atoms with van der Waals surface area (Å²) < 4.78 is 43.2. The van der Waals surface area contributed by atoms with E-state index < -0.39 is 80.0 Å². The van der Waals surface area contributed by atoms with E-state index in [0.29, 0.717) is 12.8 Å². The molecule has 0 radical (unpaired) electrons. The highest BCUT2D eigenvalue weighted by atomic mass is 16.7. The molecule has 5 aliphatic rings. The molecule has 3 aliphatic heterocycles. The first kappa shape index (κ1) is 34.9. The van der Waals surface area contributed by atoms with E-state index in [1.807, 2.05) is 6.07 Å². The van der Waals surface area contributed by atoms with Crippen molar-refractivity contribution in [3.8, 4) is 17.6 Å². The number of nitriles is 1. The molecule has 3 aromatic rings. The van der Waals surface area contributed by atoms with E-state index in [1.165, 1.54) is 31.4 Å². The third kappa shape index (κ3) is 3.94. The summed E-state index contributed by atoms with van der Waals surface area (Å²) in [5.74, 6) is -2.50. The maximum atomic E-state index is 14.7. The van der Waals surface area contributed by atoms with Gasteiger partial charge in [0.05, 0.1) is 40.5 Å². The minimum atomic E-state index is -1.67. The van der Waals surface area contributed by atoms with Crippen LogP contribution in [0.1, 0.15) is 98.3 Å². The Labute approximate surface area is 304 Å². The highest BCUT2D eigenvalue weighted by Gasteiger charge is 2.78. The third-order valence-electron chi connectivity index (χ3n) is 14.2. The van der Waals surface area contributed by atoms with Crippen LogP contribution in [0, 0.1) is 33.0 Å². The van der Waals surface area contributed by atoms with Crippen LogP contribution in [0.5, 0.6) is 11.5 Å². The Bertz CT molecular complexity index is 2330. The molecular weight excluding hydrogens is 686 g/mol. The minimum absolute atomic E-state index is 0.0292. The zero-order valence-corrected chi connectivity index (χ0v) is 31.1. The molecule has 2 saturated heterocycles. The zero-order valence-electron chi connectivity index (χ0n) is 31.1. The van der Waals surface area contributed by atoms with Gasteiger partial charge in [-0.3, -0.25) is 14.4 Å². The molecule has 4 bridgehead atoms. The first-order valence-corrected chi connectivity index (χ1v) is 17.8. The number of hydrogen-bond donors (Lipinski definition) is 0. The Morgan fingerprint density at radius 1 is 0.792 bits per heavy atom. The maximum absolute atomic E-state index is 14.7. The average Bonchev–Trinajstić information content (AvgIpc) is 3.56. The number of methoxy groups -OCH3 is 1. The van der Waals surface area contributed by atoms with Crippen molar-refractivity contribution in [2.75, 3.05) is 7.11 Å². The van der Waals surface area contributed by atoms with Crippen LogP contribution in [0.4, 0.5) is 0 Å². The number of carbonyl (C=O) groups is 4. The Balaban J connectivity index is 1.34. The van der Waals surface area contributed by atoms with Gasteiger partial charge in [0.15, 0.2) is 17.8 Å². The third-order valence-corrected chi connectivity index (χ3v) is 14.2.